The first-order valence-corrected chi connectivity index (χ1v) is 9.09. The van der Waals surface area contributed by atoms with E-state index in [1.807, 2.05) is 6.20 Å². The summed E-state index contributed by atoms with van der Waals surface area (Å²) in [6, 6.07) is 0.319. The lowest BCUT2D eigenvalue weighted by molar-refractivity contribution is -0.119. The number of hydrogen-bond acceptors (Lipinski definition) is 3. The molecule has 2 aliphatic carbocycles. The Morgan fingerprint density at radius 2 is 2.38 bits per heavy atom. The molecule has 0 spiro atoms. The number of nitrogens with zero attached hydrogens (tertiary/aromatic N) is 2. The first-order chi connectivity index (χ1) is 10.2. The normalized spacial score (nSPS) is 28.8. The first kappa shape index (κ1) is 14.9. The number of thioether (sulfide) groups is 1. The average molecular weight is 307 g/mol. The van der Waals surface area contributed by atoms with Gasteiger partial charge in [0.25, 0.3) is 0 Å². The molecule has 3 rings (SSSR count). The number of imidazole rings is 1. The van der Waals surface area contributed by atoms with E-state index in [0.29, 0.717) is 17.7 Å². The monoisotopic (exact) mass is 307 g/mol. The molecule has 2 fully saturated rings. The van der Waals surface area contributed by atoms with E-state index in [0.717, 1.165) is 23.5 Å². The SMILES string of the molecule is CCn1ccnc1SCC(=O)NC(C)C1CC2CCC1C2. The highest BCUT2D eigenvalue weighted by molar-refractivity contribution is 7.99. The highest BCUT2D eigenvalue weighted by Crippen LogP contribution is 2.49. The van der Waals surface area contributed by atoms with Gasteiger partial charge in [0.15, 0.2) is 5.16 Å². The predicted octanol–water partition coefficient (Wildman–Crippen LogP) is 2.94. The maximum Gasteiger partial charge on any atom is 0.230 e. The number of fused-ring (bicyclic) bond motifs is 2. The van der Waals surface area contributed by atoms with E-state index in [9.17, 15) is 4.79 Å². The number of carbonyl (C=O) groups is 1. The lowest BCUT2D eigenvalue weighted by Crippen LogP contribution is -2.40. The number of aromatic nitrogens is 2. The molecule has 116 valence electrons. The number of nitrogens with one attached hydrogen (secondary N) is 1. The zero-order valence-corrected chi connectivity index (χ0v) is 13.7. The number of rotatable bonds is 6. The zero-order chi connectivity index (χ0) is 14.8. The van der Waals surface area contributed by atoms with Gasteiger partial charge in [-0.15, -0.1) is 0 Å². The first-order valence-electron chi connectivity index (χ1n) is 8.10. The van der Waals surface area contributed by atoms with Crippen LogP contribution in [-0.4, -0.2) is 27.3 Å². The Morgan fingerprint density at radius 1 is 1.52 bits per heavy atom. The second-order valence-corrected chi connectivity index (χ2v) is 7.42. The molecule has 5 heteroatoms. The van der Waals surface area contributed by atoms with Gasteiger partial charge in [-0.1, -0.05) is 18.2 Å². The van der Waals surface area contributed by atoms with Gasteiger partial charge in [0.1, 0.15) is 0 Å². The number of hydrogen-bond donors (Lipinski definition) is 1. The quantitative estimate of drug-likeness (QED) is 0.822. The third-order valence-electron chi connectivity index (χ3n) is 5.17. The Kier molecular flexibility index (Phi) is 4.57. The standard InChI is InChI=1S/C16H25N3OS/c1-3-19-7-6-17-16(19)21-10-15(20)18-11(2)14-9-12-4-5-13(14)8-12/h6-7,11-14H,3-5,8-10H2,1-2H3,(H,18,20). The summed E-state index contributed by atoms with van der Waals surface area (Å²) < 4.78 is 2.07. The van der Waals surface area contributed by atoms with Crippen molar-refractivity contribution >= 4 is 17.7 Å². The van der Waals surface area contributed by atoms with Crippen LogP contribution >= 0.6 is 11.8 Å². The maximum atomic E-state index is 12.1. The van der Waals surface area contributed by atoms with Gasteiger partial charge in [-0.05, 0) is 50.9 Å². The highest BCUT2D eigenvalue weighted by Gasteiger charge is 2.42. The maximum absolute atomic E-state index is 12.1. The summed E-state index contributed by atoms with van der Waals surface area (Å²) in [6.45, 7) is 5.16. The minimum absolute atomic E-state index is 0.140. The number of aryl methyl sites for hydroxylation is 1. The van der Waals surface area contributed by atoms with Gasteiger partial charge < -0.3 is 9.88 Å². The summed E-state index contributed by atoms with van der Waals surface area (Å²) in [5.74, 6) is 3.10. The van der Waals surface area contributed by atoms with Crippen molar-refractivity contribution in [1.82, 2.24) is 14.9 Å². The largest absolute Gasteiger partial charge is 0.353 e. The molecule has 2 saturated carbocycles. The van der Waals surface area contributed by atoms with Crippen molar-refractivity contribution in [2.45, 2.75) is 57.3 Å². The van der Waals surface area contributed by atoms with Gasteiger partial charge in [-0.2, -0.15) is 0 Å². The van der Waals surface area contributed by atoms with Crippen LogP contribution in [0.4, 0.5) is 0 Å². The molecule has 0 saturated heterocycles. The summed E-state index contributed by atoms with van der Waals surface area (Å²) >= 11 is 1.53. The molecular formula is C16H25N3OS. The van der Waals surface area contributed by atoms with Crippen LogP contribution in [-0.2, 0) is 11.3 Å². The molecule has 4 unspecified atom stereocenters. The highest BCUT2D eigenvalue weighted by atomic mass is 32.2. The third-order valence-corrected chi connectivity index (χ3v) is 6.18. The van der Waals surface area contributed by atoms with Crippen LogP contribution in [0.15, 0.2) is 17.6 Å². The molecule has 0 aromatic carbocycles. The van der Waals surface area contributed by atoms with Gasteiger partial charge >= 0.3 is 0 Å². The average Bonchev–Trinajstić information content (AvgIpc) is 3.20. The van der Waals surface area contributed by atoms with Crippen molar-refractivity contribution in [1.29, 1.82) is 0 Å². The fourth-order valence-electron chi connectivity index (χ4n) is 4.12. The van der Waals surface area contributed by atoms with Crippen LogP contribution < -0.4 is 5.32 Å². The lowest BCUT2D eigenvalue weighted by atomic mass is 9.84. The molecule has 2 aliphatic rings. The van der Waals surface area contributed by atoms with Crippen molar-refractivity contribution in [2.75, 3.05) is 5.75 Å². The van der Waals surface area contributed by atoms with E-state index in [2.05, 4.69) is 28.7 Å². The van der Waals surface area contributed by atoms with Crippen molar-refractivity contribution in [2.24, 2.45) is 17.8 Å². The molecule has 0 radical (unpaired) electrons. The van der Waals surface area contributed by atoms with Crippen molar-refractivity contribution < 1.29 is 4.79 Å². The van der Waals surface area contributed by atoms with Crippen LogP contribution in [0.1, 0.15) is 39.5 Å². The molecule has 4 atom stereocenters. The molecule has 1 N–H and O–H groups in total. The molecule has 1 heterocycles. The Balaban J connectivity index is 1.46. The fourth-order valence-corrected chi connectivity index (χ4v) is 4.95. The predicted molar refractivity (Wildman–Crippen MR) is 85.2 cm³/mol. The molecule has 0 aliphatic heterocycles. The Labute approximate surface area is 131 Å². The zero-order valence-electron chi connectivity index (χ0n) is 12.9. The second kappa shape index (κ2) is 6.42. The Bertz CT molecular complexity index is 501. The van der Waals surface area contributed by atoms with E-state index in [1.54, 1.807) is 6.20 Å². The molecule has 2 bridgehead atoms. The molecule has 1 aromatic rings. The van der Waals surface area contributed by atoms with Gasteiger partial charge in [0.2, 0.25) is 5.91 Å². The minimum Gasteiger partial charge on any atom is -0.353 e. The van der Waals surface area contributed by atoms with Gasteiger partial charge in [-0.25, -0.2) is 4.98 Å². The van der Waals surface area contributed by atoms with Gasteiger partial charge in [0.05, 0.1) is 5.75 Å². The molecule has 4 nitrogen and oxygen atoms in total. The lowest BCUT2D eigenvalue weighted by Gasteiger charge is -2.28. The van der Waals surface area contributed by atoms with E-state index < -0.39 is 0 Å². The van der Waals surface area contributed by atoms with Crippen LogP contribution in [0.5, 0.6) is 0 Å². The summed E-state index contributed by atoms with van der Waals surface area (Å²) in [5, 5.41) is 4.14. The van der Waals surface area contributed by atoms with E-state index in [4.69, 9.17) is 0 Å². The van der Waals surface area contributed by atoms with E-state index >= 15 is 0 Å². The van der Waals surface area contributed by atoms with Gasteiger partial charge in [0, 0.05) is 25.0 Å². The van der Waals surface area contributed by atoms with Crippen LogP contribution in [0.3, 0.4) is 0 Å². The molecular weight excluding hydrogens is 282 g/mol. The smallest absolute Gasteiger partial charge is 0.230 e. The number of carbonyl (C=O) groups excluding carboxylic acids is 1. The summed E-state index contributed by atoms with van der Waals surface area (Å²) in [7, 11) is 0. The van der Waals surface area contributed by atoms with Crippen LogP contribution in [0.25, 0.3) is 0 Å². The fraction of sp³-hybridized carbons (Fsp3) is 0.750. The Hall–Kier alpha value is -0.970. The van der Waals surface area contributed by atoms with Crippen molar-refractivity contribution in [3.05, 3.63) is 12.4 Å². The molecule has 1 aromatic heterocycles. The number of amides is 1. The molecule has 1 amide bonds. The topological polar surface area (TPSA) is 46.9 Å². The van der Waals surface area contributed by atoms with E-state index in [1.165, 1.54) is 37.4 Å². The minimum atomic E-state index is 0.140. The summed E-state index contributed by atoms with van der Waals surface area (Å²) in [4.78, 5) is 16.4. The summed E-state index contributed by atoms with van der Waals surface area (Å²) in [6.07, 6.45) is 9.25. The van der Waals surface area contributed by atoms with Crippen molar-refractivity contribution in [3.63, 3.8) is 0 Å². The Morgan fingerprint density at radius 3 is 3.05 bits per heavy atom. The molecule has 21 heavy (non-hydrogen) atoms. The third kappa shape index (κ3) is 3.28. The van der Waals surface area contributed by atoms with Crippen molar-refractivity contribution in [3.8, 4) is 0 Å². The second-order valence-electron chi connectivity index (χ2n) is 6.48. The summed E-state index contributed by atoms with van der Waals surface area (Å²) in [5.41, 5.74) is 0. The van der Waals surface area contributed by atoms with E-state index in [-0.39, 0.29) is 5.91 Å². The van der Waals surface area contributed by atoms with Gasteiger partial charge in [-0.3, -0.25) is 4.79 Å². The van der Waals surface area contributed by atoms with Crippen LogP contribution in [0.2, 0.25) is 0 Å². The van der Waals surface area contributed by atoms with Crippen LogP contribution in [0, 0.1) is 17.8 Å².